The number of nitrogens with zero attached hydrogens (tertiary/aromatic N) is 4. The SMILES string of the molecule is CCOc1ccccc1-n1c(C(C)N2CCN(C(=O)COc3ccc(CNC(C)(C)S)cc3)CC2)nc2ccccc2c1=O. The summed E-state index contributed by atoms with van der Waals surface area (Å²) < 4.78 is 13.4. The predicted molar refractivity (Wildman–Crippen MR) is 177 cm³/mol. The quantitative estimate of drug-likeness (QED) is 0.185. The lowest BCUT2D eigenvalue weighted by atomic mass is 10.1. The molecule has 2 heterocycles. The molecule has 9 nitrogen and oxygen atoms in total. The second kappa shape index (κ2) is 13.8. The van der Waals surface area contributed by atoms with E-state index in [1.165, 1.54) is 0 Å². The summed E-state index contributed by atoms with van der Waals surface area (Å²) in [6, 6.07) is 22.5. The smallest absolute Gasteiger partial charge is 0.266 e. The van der Waals surface area contributed by atoms with E-state index in [-0.39, 0.29) is 29.0 Å². The lowest BCUT2D eigenvalue weighted by Gasteiger charge is -2.38. The zero-order chi connectivity index (χ0) is 31.3. The van der Waals surface area contributed by atoms with Gasteiger partial charge in [-0.15, -0.1) is 0 Å². The van der Waals surface area contributed by atoms with Gasteiger partial charge in [0.1, 0.15) is 17.3 Å². The van der Waals surface area contributed by atoms with E-state index in [4.69, 9.17) is 14.5 Å². The molecule has 1 unspecified atom stereocenters. The van der Waals surface area contributed by atoms with Crippen LogP contribution in [0.4, 0.5) is 0 Å². The van der Waals surface area contributed by atoms with Gasteiger partial charge in [-0.05, 0) is 69.7 Å². The van der Waals surface area contributed by atoms with Crippen molar-refractivity contribution in [2.75, 3.05) is 39.4 Å². The molecule has 1 amide bonds. The first-order chi connectivity index (χ1) is 21.1. The minimum Gasteiger partial charge on any atom is -0.492 e. The number of fused-ring (bicyclic) bond motifs is 1. The van der Waals surface area contributed by atoms with Crippen LogP contribution in [0.15, 0.2) is 77.6 Å². The summed E-state index contributed by atoms with van der Waals surface area (Å²) in [6.07, 6.45) is 0. The molecule has 1 atom stereocenters. The van der Waals surface area contributed by atoms with Crippen molar-refractivity contribution < 1.29 is 14.3 Å². The van der Waals surface area contributed by atoms with Crippen molar-refractivity contribution in [1.82, 2.24) is 24.7 Å². The maximum absolute atomic E-state index is 13.9. The predicted octanol–water partition coefficient (Wildman–Crippen LogP) is 4.82. The third kappa shape index (κ3) is 7.43. The summed E-state index contributed by atoms with van der Waals surface area (Å²) in [7, 11) is 0. The standard InChI is InChI=1S/C34H41N5O4S/c1-5-42-30-13-9-8-12-29(30)39-32(36-28-11-7-6-10-27(28)33(39)41)24(2)37-18-20-38(21-19-37)31(40)23-43-26-16-14-25(15-17-26)22-35-34(3,4)44/h6-17,24,35,44H,5,18-23H2,1-4H3. The number of benzene rings is 3. The number of nitrogens with one attached hydrogen (secondary N) is 1. The fourth-order valence-electron chi connectivity index (χ4n) is 5.36. The summed E-state index contributed by atoms with van der Waals surface area (Å²) in [6.45, 7) is 11.6. The highest BCUT2D eigenvalue weighted by molar-refractivity contribution is 7.81. The number of para-hydroxylation sites is 3. The first-order valence-corrected chi connectivity index (χ1v) is 15.5. The van der Waals surface area contributed by atoms with Crippen LogP contribution in [0.2, 0.25) is 0 Å². The van der Waals surface area contributed by atoms with Gasteiger partial charge in [0.05, 0.1) is 34.1 Å². The van der Waals surface area contributed by atoms with Crippen molar-refractivity contribution in [1.29, 1.82) is 0 Å². The van der Waals surface area contributed by atoms with Crippen molar-refractivity contribution in [3.63, 3.8) is 0 Å². The number of carbonyl (C=O) groups is 1. The fourth-order valence-corrected chi connectivity index (χ4v) is 5.44. The average molecular weight is 616 g/mol. The van der Waals surface area contributed by atoms with Crippen molar-refractivity contribution >= 4 is 29.4 Å². The molecule has 0 radical (unpaired) electrons. The first kappa shape index (κ1) is 31.6. The molecule has 0 bridgehead atoms. The molecule has 1 aliphatic rings. The molecule has 5 rings (SSSR count). The Labute approximate surface area is 264 Å². The molecule has 1 saturated heterocycles. The van der Waals surface area contributed by atoms with E-state index in [1.54, 1.807) is 10.6 Å². The minimum atomic E-state index is -0.259. The molecule has 4 aromatic rings. The number of aromatic nitrogens is 2. The summed E-state index contributed by atoms with van der Waals surface area (Å²) in [5, 5.41) is 3.89. The third-order valence-corrected chi connectivity index (χ3v) is 7.96. The average Bonchev–Trinajstić information content (AvgIpc) is 3.03. The normalized spacial score (nSPS) is 14.9. The molecule has 44 heavy (non-hydrogen) atoms. The van der Waals surface area contributed by atoms with E-state index in [2.05, 4.69) is 29.8 Å². The number of thiol groups is 1. The van der Waals surface area contributed by atoms with Crippen molar-refractivity contribution in [3.8, 4) is 17.2 Å². The maximum Gasteiger partial charge on any atom is 0.266 e. The van der Waals surface area contributed by atoms with Crippen LogP contribution >= 0.6 is 12.6 Å². The van der Waals surface area contributed by atoms with Crippen molar-refractivity contribution in [3.05, 3.63) is 94.5 Å². The Morgan fingerprint density at radius 2 is 1.66 bits per heavy atom. The van der Waals surface area contributed by atoms with Gasteiger partial charge in [0.15, 0.2) is 6.61 Å². The van der Waals surface area contributed by atoms with Crippen LogP contribution in [-0.4, -0.2) is 69.5 Å². The molecule has 0 saturated carbocycles. The molecular formula is C34H41N5O4S. The van der Waals surface area contributed by atoms with Gasteiger partial charge in [-0.25, -0.2) is 4.98 Å². The lowest BCUT2D eigenvalue weighted by Crippen LogP contribution is -2.51. The number of carbonyl (C=O) groups excluding carboxylic acids is 1. The largest absolute Gasteiger partial charge is 0.492 e. The Bertz CT molecular complexity index is 1640. The molecule has 3 aromatic carbocycles. The second-order valence-corrected chi connectivity index (χ2v) is 12.6. The van der Waals surface area contributed by atoms with E-state index >= 15 is 0 Å². The molecule has 1 aromatic heterocycles. The number of amides is 1. The topological polar surface area (TPSA) is 88.9 Å². The van der Waals surface area contributed by atoms with Crippen molar-refractivity contribution in [2.45, 2.75) is 45.2 Å². The Balaban J connectivity index is 1.26. The van der Waals surface area contributed by atoms with E-state index in [0.29, 0.717) is 73.2 Å². The number of hydrogen-bond acceptors (Lipinski definition) is 8. The molecule has 232 valence electrons. The van der Waals surface area contributed by atoms with Crippen LogP contribution in [-0.2, 0) is 11.3 Å². The molecule has 0 spiro atoms. The van der Waals surface area contributed by atoms with Gasteiger partial charge in [0.25, 0.3) is 11.5 Å². The van der Waals surface area contributed by atoms with Gasteiger partial charge in [0, 0.05) is 32.7 Å². The summed E-state index contributed by atoms with van der Waals surface area (Å²) in [5.41, 5.74) is 2.31. The van der Waals surface area contributed by atoms with Crippen LogP contribution in [0.25, 0.3) is 16.6 Å². The highest BCUT2D eigenvalue weighted by atomic mass is 32.1. The van der Waals surface area contributed by atoms with Crippen LogP contribution in [0.1, 0.15) is 45.1 Å². The summed E-state index contributed by atoms with van der Waals surface area (Å²) in [5.74, 6) is 1.88. The highest BCUT2D eigenvalue weighted by Crippen LogP contribution is 2.28. The monoisotopic (exact) mass is 615 g/mol. The molecule has 1 fully saturated rings. The highest BCUT2D eigenvalue weighted by Gasteiger charge is 2.29. The van der Waals surface area contributed by atoms with E-state index in [1.807, 2.05) is 92.4 Å². The maximum atomic E-state index is 13.9. The van der Waals surface area contributed by atoms with E-state index < -0.39 is 0 Å². The lowest BCUT2D eigenvalue weighted by molar-refractivity contribution is -0.135. The number of piperazine rings is 1. The molecule has 1 N–H and O–H groups in total. The van der Waals surface area contributed by atoms with Gasteiger partial charge in [-0.1, -0.05) is 36.4 Å². The molecule has 0 aliphatic carbocycles. The Morgan fingerprint density at radius 3 is 2.36 bits per heavy atom. The van der Waals surface area contributed by atoms with Gasteiger partial charge >= 0.3 is 0 Å². The molecule has 1 aliphatic heterocycles. The minimum absolute atomic E-state index is 0.0171. The molecular weight excluding hydrogens is 574 g/mol. The summed E-state index contributed by atoms with van der Waals surface area (Å²) >= 11 is 4.49. The zero-order valence-corrected chi connectivity index (χ0v) is 26.7. The van der Waals surface area contributed by atoms with E-state index in [0.717, 1.165) is 5.56 Å². The molecule has 10 heteroatoms. The number of hydrogen-bond donors (Lipinski definition) is 2. The van der Waals surface area contributed by atoms with Gasteiger partial charge in [-0.3, -0.25) is 24.4 Å². The van der Waals surface area contributed by atoms with Gasteiger partial charge < -0.3 is 14.4 Å². The Kier molecular flexibility index (Phi) is 9.93. The number of ether oxygens (including phenoxy) is 2. The Morgan fingerprint density at radius 1 is 0.977 bits per heavy atom. The van der Waals surface area contributed by atoms with Gasteiger partial charge in [0.2, 0.25) is 0 Å². The second-order valence-electron chi connectivity index (χ2n) is 11.5. The van der Waals surface area contributed by atoms with Gasteiger partial charge in [-0.2, -0.15) is 12.6 Å². The zero-order valence-electron chi connectivity index (χ0n) is 25.8. The van der Waals surface area contributed by atoms with Crippen LogP contribution < -0.4 is 20.3 Å². The fraction of sp³-hybridized carbons (Fsp3) is 0.382. The third-order valence-electron chi connectivity index (χ3n) is 7.81. The van der Waals surface area contributed by atoms with Crippen molar-refractivity contribution in [2.24, 2.45) is 0 Å². The van der Waals surface area contributed by atoms with E-state index in [9.17, 15) is 9.59 Å². The van der Waals surface area contributed by atoms with Crippen LogP contribution in [0.3, 0.4) is 0 Å². The van der Waals surface area contributed by atoms with Crippen LogP contribution in [0.5, 0.6) is 11.5 Å². The van der Waals surface area contributed by atoms with Crippen LogP contribution in [0, 0.1) is 0 Å². The number of rotatable bonds is 11. The first-order valence-electron chi connectivity index (χ1n) is 15.1. The summed E-state index contributed by atoms with van der Waals surface area (Å²) in [4.78, 5) is 35.7. The Hall–Kier alpha value is -3.86.